The molecule has 1 aliphatic rings. The summed E-state index contributed by atoms with van der Waals surface area (Å²) < 4.78 is 5.30. The van der Waals surface area contributed by atoms with E-state index in [9.17, 15) is 4.79 Å². The lowest BCUT2D eigenvalue weighted by Gasteiger charge is -2.32. The van der Waals surface area contributed by atoms with Gasteiger partial charge in [0.2, 0.25) is 5.76 Å². The number of hydrogen-bond acceptors (Lipinski definition) is 4. The van der Waals surface area contributed by atoms with E-state index in [2.05, 4.69) is 24.3 Å². The van der Waals surface area contributed by atoms with Crippen LogP contribution in [-0.2, 0) is 0 Å². The Labute approximate surface area is 139 Å². The number of nitrogens with one attached hydrogen (secondary N) is 1. The van der Waals surface area contributed by atoms with Crippen molar-refractivity contribution in [1.29, 1.82) is 0 Å². The zero-order valence-electron chi connectivity index (χ0n) is 13.8. The second kappa shape index (κ2) is 9.16. The van der Waals surface area contributed by atoms with Crippen LogP contribution in [0.5, 0.6) is 0 Å². The fourth-order valence-electron chi connectivity index (χ4n) is 3.15. The van der Waals surface area contributed by atoms with Crippen LogP contribution in [-0.4, -0.2) is 42.6 Å². The number of carbonyl (C=O) groups excluding carboxylic acids is 1. The Morgan fingerprint density at radius 1 is 1.50 bits per heavy atom. The summed E-state index contributed by atoms with van der Waals surface area (Å²) in [5.74, 6) is 1.30. The van der Waals surface area contributed by atoms with Gasteiger partial charge in [-0.3, -0.25) is 4.79 Å². The predicted octanol–water partition coefficient (Wildman–Crippen LogP) is 3.07. The molecular formula is C16H28ClN3O2. The molecule has 22 heavy (non-hydrogen) atoms. The molecule has 0 spiro atoms. The van der Waals surface area contributed by atoms with E-state index >= 15 is 0 Å². The molecule has 1 fully saturated rings. The molecule has 1 N–H and O–H groups in total. The molecule has 2 rings (SSSR count). The largest absolute Gasteiger partial charge is 0.351 e. The maximum Gasteiger partial charge on any atom is 0.292 e. The minimum absolute atomic E-state index is 0. The summed E-state index contributed by atoms with van der Waals surface area (Å²) >= 11 is 0. The summed E-state index contributed by atoms with van der Waals surface area (Å²) in [5.41, 5.74) is 0.909. The topological polar surface area (TPSA) is 58.4 Å². The molecule has 6 heteroatoms. The van der Waals surface area contributed by atoms with E-state index in [1.165, 1.54) is 6.42 Å². The first kappa shape index (κ1) is 19.0. The molecule has 1 atom stereocenters. The van der Waals surface area contributed by atoms with Crippen molar-refractivity contribution in [2.45, 2.75) is 45.4 Å². The Morgan fingerprint density at radius 3 is 2.86 bits per heavy atom. The van der Waals surface area contributed by atoms with E-state index in [4.69, 9.17) is 4.52 Å². The zero-order chi connectivity index (χ0) is 15.2. The van der Waals surface area contributed by atoms with Crippen molar-refractivity contribution in [2.24, 2.45) is 5.92 Å². The first-order valence-electron chi connectivity index (χ1n) is 8.10. The van der Waals surface area contributed by atoms with Gasteiger partial charge in [0, 0.05) is 25.1 Å². The van der Waals surface area contributed by atoms with Crippen molar-refractivity contribution in [3.8, 4) is 0 Å². The van der Waals surface area contributed by atoms with E-state index < -0.39 is 0 Å². The number of amides is 1. The van der Waals surface area contributed by atoms with Gasteiger partial charge in [-0.1, -0.05) is 19.0 Å². The maximum absolute atomic E-state index is 12.5. The van der Waals surface area contributed by atoms with Gasteiger partial charge in [-0.2, -0.15) is 0 Å². The van der Waals surface area contributed by atoms with Crippen molar-refractivity contribution in [2.75, 3.05) is 26.7 Å². The summed E-state index contributed by atoms with van der Waals surface area (Å²) in [6.07, 6.45) is 4.28. The summed E-state index contributed by atoms with van der Waals surface area (Å²) in [6.45, 7) is 6.86. The SMILES string of the molecule is CCC(CC)c1cc(C(=O)N2CCCC(CNC)C2)on1.Cl. The van der Waals surface area contributed by atoms with E-state index in [0.717, 1.165) is 44.6 Å². The summed E-state index contributed by atoms with van der Waals surface area (Å²) in [4.78, 5) is 14.4. The fourth-order valence-corrected chi connectivity index (χ4v) is 3.15. The summed E-state index contributed by atoms with van der Waals surface area (Å²) in [5, 5.41) is 7.29. The molecule has 1 aromatic heterocycles. The van der Waals surface area contributed by atoms with Gasteiger partial charge in [0.1, 0.15) is 0 Å². The van der Waals surface area contributed by atoms with Crippen LogP contribution in [0.25, 0.3) is 0 Å². The van der Waals surface area contributed by atoms with Crippen LogP contribution in [0.3, 0.4) is 0 Å². The number of hydrogen-bond donors (Lipinski definition) is 1. The molecule has 5 nitrogen and oxygen atoms in total. The van der Waals surface area contributed by atoms with Crippen LogP contribution in [0, 0.1) is 5.92 Å². The lowest BCUT2D eigenvalue weighted by atomic mass is 9.97. The molecular weight excluding hydrogens is 302 g/mol. The molecule has 0 bridgehead atoms. The second-order valence-corrected chi connectivity index (χ2v) is 5.95. The summed E-state index contributed by atoms with van der Waals surface area (Å²) in [6, 6.07) is 1.84. The average Bonchev–Trinajstić information content (AvgIpc) is 2.98. The zero-order valence-corrected chi connectivity index (χ0v) is 14.6. The Balaban J connectivity index is 0.00000242. The van der Waals surface area contributed by atoms with Crippen LogP contribution < -0.4 is 5.32 Å². The number of piperidine rings is 1. The third-order valence-electron chi connectivity index (χ3n) is 4.44. The molecule has 0 aromatic carbocycles. The standard InChI is InChI=1S/C16H27N3O2.ClH/c1-4-13(5-2)14-9-15(21-18-14)16(20)19-8-6-7-12(11-19)10-17-3;/h9,12-13,17H,4-8,10-11H2,1-3H3;1H. The van der Waals surface area contributed by atoms with Crippen LogP contribution >= 0.6 is 12.4 Å². The van der Waals surface area contributed by atoms with E-state index in [1.807, 2.05) is 18.0 Å². The third-order valence-corrected chi connectivity index (χ3v) is 4.44. The number of aromatic nitrogens is 1. The van der Waals surface area contributed by atoms with E-state index in [1.54, 1.807) is 0 Å². The lowest BCUT2D eigenvalue weighted by molar-refractivity contribution is 0.0632. The van der Waals surface area contributed by atoms with Crippen LogP contribution in [0.4, 0.5) is 0 Å². The molecule has 0 saturated carbocycles. The second-order valence-electron chi connectivity index (χ2n) is 5.95. The molecule has 126 valence electrons. The molecule has 1 amide bonds. The first-order chi connectivity index (χ1) is 10.2. The van der Waals surface area contributed by atoms with Crippen LogP contribution in [0.15, 0.2) is 10.6 Å². The van der Waals surface area contributed by atoms with Gasteiger partial charge in [-0.15, -0.1) is 12.4 Å². The number of nitrogens with zero attached hydrogens (tertiary/aromatic N) is 2. The Hall–Kier alpha value is -1.07. The summed E-state index contributed by atoms with van der Waals surface area (Å²) in [7, 11) is 1.96. The van der Waals surface area contributed by atoms with Gasteiger partial charge in [0.25, 0.3) is 5.91 Å². The number of carbonyl (C=O) groups is 1. The Morgan fingerprint density at radius 2 is 2.23 bits per heavy atom. The smallest absolute Gasteiger partial charge is 0.292 e. The lowest BCUT2D eigenvalue weighted by Crippen LogP contribution is -2.42. The number of likely N-dealkylation sites (tertiary alicyclic amines) is 1. The molecule has 2 heterocycles. The third kappa shape index (κ3) is 4.46. The molecule has 1 saturated heterocycles. The average molecular weight is 330 g/mol. The predicted molar refractivity (Wildman–Crippen MR) is 89.6 cm³/mol. The minimum atomic E-state index is -0.0134. The Bertz CT molecular complexity index is 458. The van der Waals surface area contributed by atoms with Gasteiger partial charge < -0.3 is 14.7 Å². The number of rotatable bonds is 6. The molecule has 1 aliphatic heterocycles. The van der Waals surface area contributed by atoms with Gasteiger partial charge in [-0.25, -0.2) is 0 Å². The maximum atomic E-state index is 12.5. The van der Waals surface area contributed by atoms with E-state index in [-0.39, 0.29) is 18.3 Å². The molecule has 0 aliphatic carbocycles. The monoisotopic (exact) mass is 329 g/mol. The van der Waals surface area contributed by atoms with Gasteiger partial charge >= 0.3 is 0 Å². The molecule has 0 radical (unpaired) electrons. The van der Waals surface area contributed by atoms with Gasteiger partial charge in [0.15, 0.2) is 0 Å². The highest BCUT2D eigenvalue weighted by atomic mass is 35.5. The highest BCUT2D eigenvalue weighted by Gasteiger charge is 2.27. The number of halogens is 1. The van der Waals surface area contributed by atoms with Crippen LogP contribution in [0.1, 0.15) is 61.7 Å². The molecule has 1 aromatic rings. The van der Waals surface area contributed by atoms with Crippen molar-refractivity contribution in [1.82, 2.24) is 15.4 Å². The van der Waals surface area contributed by atoms with Crippen molar-refractivity contribution in [3.05, 3.63) is 17.5 Å². The Kier molecular flexibility index (Phi) is 7.90. The van der Waals surface area contributed by atoms with Crippen molar-refractivity contribution in [3.63, 3.8) is 0 Å². The highest BCUT2D eigenvalue weighted by molar-refractivity contribution is 5.91. The van der Waals surface area contributed by atoms with Crippen molar-refractivity contribution >= 4 is 18.3 Å². The minimum Gasteiger partial charge on any atom is -0.351 e. The fraction of sp³-hybridized carbons (Fsp3) is 0.750. The van der Waals surface area contributed by atoms with Gasteiger partial charge in [0.05, 0.1) is 5.69 Å². The first-order valence-corrected chi connectivity index (χ1v) is 8.10. The normalized spacial score (nSPS) is 18.4. The van der Waals surface area contributed by atoms with Crippen molar-refractivity contribution < 1.29 is 9.32 Å². The van der Waals surface area contributed by atoms with E-state index in [0.29, 0.717) is 17.6 Å². The highest BCUT2D eigenvalue weighted by Crippen LogP contribution is 2.24. The van der Waals surface area contributed by atoms with Gasteiger partial charge in [-0.05, 0) is 45.2 Å². The molecule has 1 unspecified atom stereocenters. The quantitative estimate of drug-likeness (QED) is 0.871. The van der Waals surface area contributed by atoms with Crippen LogP contribution in [0.2, 0.25) is 0 Å².